The van der Waals surface area contributed by atoms with Crippen LogP contribution in [0.15, 0.2) is 66.7 Å². The highest BCUT2D eigenvalue weighted by Crippen LogP contribution is 2.44. The van der Waals surface area contributed by atoms with E-state index in [0.717, 1.165) is 35.1 Å². The maximum absolute atomic E-state index is 13.9. The highest BCUT2D eigenvalue weighted by molar-refractivity contribution is 7.91. The van der Waals surface area contributed by atoms with Crippen molar-refractivity contribution in [2.24, 2.45) is 0 Å². The second-order valence-electron chi connectivity index (χ2n) is 8.77. The van der Waals surface area contributed by atoms with E-state index in [0.29, 0.717) is 11.1 Å². The molecular formula is C25H24ClF2NO4S. The van der Waals surface area contributed by atoms with Crippen LogP contribution in [0.5, 0.6) is 0 Å². The van der Waals surface area contributed by atoms with Crippen molar-refractivity contribution in [1.82, 2.24) is 4.90 Å². The number of hydrogen-bond donors (Lipinski definition) is 2. The van der Waals surface area contributed by atoms with Gasteiger partial charge in [0.15, 0.2) is 9.84 Å². The van der Waals surface area contributed by atoms with Gasteiger partial charge in [-0.2, -0.15) is 0 Å². The highest BCUT2D eigenvalue weighted by atomic mass is 35.5. The predicted octanol–water partition coefficient (Wildman–Crippen LogP) is 4.03. The van der Waals surface area contributed by atoms with Gasteiger partial charge in [-0.15, -0.1) is 0 Å². The molecule has 1 heterocycles. The Morgan fingerprint density at radius 3 is 1.91 bits per heavy atom. The van der Waals surface area contributed by atoms with Gasteiger partial charge in [0.05, 0.1) is 12.6 Å². The number of hydrogen-bond acceptors (Lipinski definition) is 5. The Balaban J connectivity index is 1.70. The van der Waals surface area contributed by atoms with Crippen molar-refractivity contribution in [2.75, 3.05) is 19.3 Å². The summed E-state index contributed by atoms with van der Waals surface area (Å²) >= 11 is 6.05. The van der Waals surface area contributed by atoms with Crippen molar-refractivity contribution in [3.05, 3.63) is 106 Å². The van der Waals surface area contributed by atoms with Gasteiger partial charge in [0.25, 0.3) is 0 Å². The lowest BCUT2D eigenvalue weighted by molar-refractivity contribution is -0.112. The SMILES string of the molecule is CS(=O)(=O)[C@H](c1cc(F)cc(F)c1)C1(O)CN([C@@H](c2ccc(Cl)cc2)c2ccc(CO)cc2)C1. The number of benzene rings is 3. The van der Waals surface area contributed by atoms with E-state index < -0.39 is 32.3 Å². The quantitative estimate of drug-likeness (QED) is 0.505. The molecule has 2 atom stereocenters. The van der Waals surface area contributed by atoms with Crippen LogP contribution >= 0.6 is 11.6 Å². The number of likely N-dealkylation sites (tertiary alicyclic amines) is 1. The first-order chi connectivity index (χ1) is 16.0. The van der Waals surface area contributed by atoms with E-state index in [1.807, 2.05) is 29.2 Å². The van der Waals surface area contributed by atoms with Crippen LogP contribution in [0.4, 0.5) is 8.78 Å². The van der Waals surface area contributed by atoms with Crippen molar-refractivity contribution in [1.29, 1.82) is 0 Å². The average Bonchev–Trinajstić information content (AvgIpc) is 2.73. The van der Waals surface area contributed by atoms with E-state index in [1.165, 1.54) is 0 Å². The van der Waals surface area contributed by atoms with Gasteiger partial charge >= 0.3 is 0 Å². The maximum Gasteiger partial charge on any atom is 0.157 e. The van der Waals surface area contributed by atoms with Gasteiger partial charge in [-0.3, -0.25) is 4.90 Å². The highest BCUT2D eigenvalue weighted by Gasteiger charge is 2.54. The first-order valence-electron chi connectivity index (χ1n) is 10.6. The van der Waals surface area contributed by atoms with Gasteiger partial charge < -0.3 is 10.2 Å². The fourth-order valence-electron chi connectivity index (χ4n) is 4.75. The summed E-state index contributed by atoms with van der Waals surface area (Å²) in [5.41, 5.74) is 0.607. The molecule has 0 aromatic heterocycles. The number of rotatable bonds is 7. The molecule has 1 aliphatic heterocycles. The monoisotopic (exact) mass is 507 g/mol. The first-order valence-corrected chi connectivity index (χ1v) is 12.9. The zero-order valence-corrected chi connectivity index (χ0v) is 19.9. The molecule has 0 saturated carbocycles. The summed E-state index contributed by atoms with van der Waals surface area (Å²) in [6.45, 7) is -0.189. The molecular weight excluding hydrogens is 484 g/mol. The van der Waals surface area contributed by atoms with Gasteiger partial charge in [0.2, 0.25) is 0 Å². The second kappa shape index (κ2) is 9.36. The molecule has 3 aromatic rings. The van der Waals surface area contributed by atoms with E-state index in [1.54, 1.807) is 24.3 Å². The summed E-state index contributed by atoms with van der Waals surface area (Å²) in [6.07, 6.45) is 0.950. The molecule has 1 aliphatic rings. The molecule has 3 aromatic carbocycles. The number of aliphatic hydroxyl groups is 2. The summed E-state index contributed by atoms with van der Waals surface area (Å²) in [4.78, 5) is 1.89. The Kier molecular flexibility index (Phi) is 6.81. The van der Waals surface area contributed by atoms with Crippen LogP contribution in [0.1, 0.15) is 33.5 Å². The minimum absolute atomic E-state index is 0.0437. The minimum atomic E-state index is -3.92. The van der Waals surface area contributed by atoms with E-state index in [-0.39, 0.29) is 31.3 Å². The van der Waals surface area contributed by atoms with Crippen molar-refractivity contribution in [3.8, 4) is 0 Å². The van der Waals surface area contributed by atoms with Crippen LogP contribution in [0.2, 0.25) is 5.02 Å². The summed E-state index contributed by atoms with van der Waals surface area (Å²) in [5.74, 6) is -1.82. The van der Waals surface area contributed by atoms with Gasteiger partial charge in [0.1, 0.15) is 22.5 Å². The lowest BCUT2D eigenvalue weighted by atomic mass is 9.82. The van der Waals surface area contributed by atoms with Gasteiger partial charge in [-0.25, -0.2) is 17.2 Å². The number of β-amino-alcohol motifs (C(OH)–C–C–N with tert-alkyl or cyclic N) is 1. The number of aliphatic hydroxyl groups excluding tert-OH is 1. The average molecular weight is 508 g/mol. The summed E-state index contributed by atoms with van der Waals surface area (Å²) in [7, 11) is -3.92. The molecule has 0 radical (unpaired) electrons. The Morgan fingerprint density at radius 2 is 1.44 bits per heavy atom. The van der Waals surface area contributed by atoms with Crippen LogP contribution in [-0.2, 0) is 16.4 Å². The van der Waals surface area contributed by atoms with E-state index in [4.69, 9.17) is 11.6 Å². The van der Waals surface area contributed by atoms with Crippen LogP contribution in [0.25, 0.3) is 0 Å². The fraction of sp³-hybridized carbons (Fsp3) is 0.280. The number of halogens is 3. The molecule has 0 unspecified atom stereocenters. The molecule has 0 amide bonds. The standard InChI is InChI=1S/C25H24ClF2NO4S/c1-34(32,33)24(19-10-21(27)12-22(28)11-19)25(31)14-29(15-25)23(18-6-8-20(26)9-7-18)17-4-2-16(13-30)3-5-17/h2-12,23-24,30-31H,13-15H2,1H3/t23-,24-/m1/s1. The molecule has 1 fully saturated rings. The molecule has 4 rings (SSSR count). The smallest absolute Gasteiger partial charge is 0.157 e. The van der Waals surface area contributed by atoms with Gasteiger partial charge in [0, 0.05) is 30.4 Å². The molecule has 180 valence electrons. The molecule has 9 heteroatoms. The van der Waals surface area contributed by atoms with Crippen molar-refractivity contribution < 1.29 is 27.4 Å². The lowest BCUT2D eigenvalue weighted by Gasteiger charge is -2.53. The largest absolute Gasteiger partial charge is 0.392 e. The second-order valence-corrected chi connectivity index (χ2v) is 11.3. The minimum Gasteiger partial charge on any atom is -0.392 e. The van der Waals surface area contributed by atoms with Crippen LogP contribution in [-0.4, -0.2) is 48.5 Å². The Hall–Kier alpha value is -2.36. The van der Waals surface area contributed by atoms with Crippen molar-refractivity contribution >= 4 is 21.4 Å². The third-order valence-electron chi connectivity index (χ3n) is 6.09. The van der Waals surface area contributed by atoms with E-state index >= 15 is 0 Å². The Morgan fingerprint density at radius 1 is 0.941 bits per heavy atom. The van der Waals surface area contributed by atoms with Crippen LogP contribution in [0, 0.1) is 11.6 Å². The van der Waals surface area contributed by atoms with Gasteiger partial charge in [-0.05, 0) is 46.5 Å². The normalized spacial score (nSPS) is 17.7. The van der Waals surface area contributed by atoms with Crippen LogP contribution in [0.3, 0.4) is 0 Å². The lowest BCUT2D eigenvalue weighted by Crippen LogP contribution is -2.66. The zero-order valence-electron chi connectivity index (χ0n) is 18.3. The van der Waals surface area contributed by atoms with Gasteiger partial charge in [-0.1, -0.05) is 48.0 Å². The zero-order chi connectivity index (χ0) is 24.7. The molecule has 0 bridgehead atoms. The van der Waals surface area contributed by atoms with Crippen LogP contribution < -0.4 is 0 Å². The summed E-state index contributed by atoms with van der Waals surface area (Å²) < 4.78 is 53.1. The molecule has 0 spiro atoms. The fourth-order valence-corrected chi connectivity index (χ4v) is 6.45. The number of nitrogens with zero attached hydrogens (tertiary/aromatic N) is 1. The van der Waals surface area contributed by atoms with E-state index in [2.05, 4.69) is 0 Å². The summed E-state index contributed by atoms with van der Waals surface area (Å²) in [5, 5.41) is 19.8. The summed E-state index contributed by atoms with van der Waals surface area (Å²) in [6, 6.07) is 16.7. The molecule has 5 nitrogen and oxygen atoms in total. The Bertz CT molecular complexity index is 1260. The van der Waals surface area contributed by atoms with E-state index in [9.17, 15) is 27.4 Å². The van der Waals surface area contributed by atoms with Crippen molar-refractivity contribution in [3.63, 3.8) is 0 Å². The molecule has 34 heavy (non-hydrogen) atoms. The Labute approximate surface area is 202 Å². The third-order valence-corrected chi connectivity index (χ3v) is 7.91. The van der Waals surface area contributed by atoms with Crippen molar-refractivity contribution in [2.45, 2.75) is 23.5 Å². The molecule has 0 aliphatic carbocycles. The molecule has 1 saturated heterocycles. The third kappa shape index (κ3) is 5.01. The molecule has 2 N–H and O–H groups in total. The predicted molar refractivity (Wildman–Crippen MR) is 126 cm³/mol. The topological polar surface area (TPSA) is 77.8 Å². The first kappa shape index (κ1) is 24.8. The number of sulfone groups is 1. The maximum atomic E-state index is 13.9.